The Bertz CT molecular complexity index is 1840. The third kappa shape index (κ3) is 10.3. The van der Waals surface area contributed by atoms with Crippen LogP contribution in [0.15, 0.2) is 59.8 Å². The summed E-state index contributed by atoms with van der Waals surface area (Å²) in [5.41, 5.74) is -0.183. The summed E-state index contributed by atoms with van der Waals surface area (Å²) in [6.07, 6.45) is -1.45. The van der Waals surface area contributed by atoms with Gasteiger partial charge in [0.2, 0.25) is 0 Å². The summed E-state index contributed by atoms with van der Waals surface area (Å²) < 4.78 is 97.7. The molecule has 1 atom stereocenters. The van der Waals surface area contributed by atoms with Gasteiger partial charge in [-0.25, -0.2) is 18.6 Å². The third-order valence-electron chi connectivity index (χ3n) is 7.78. The van der Waals surface area contributed by atoms with Gasteiger partial charge in [0.25, 0.3) is 0 Å². The molecule has 2 N–H and O–H groups in total. The molecule has 4 aromatic rings. The monoisotopic (exact) mass is 747 g/mol. The number of carbonyl (C=O) groups excluding carboxylic acids is 1. The molecule has 0 radical (unpaired) electrons. The van der Waals surface area contributed by atoms with Crippen molar-refractivity contribution in [1.29, 1.82) is 0 Å². The number of hydrogen-bond acceptors (Lipinski definition) is 11. The van der Waals surface area contributed by atoms with Gasteiger partial charge in [0, 0.05) is 17.3 Å². The van der Waals surface area contributed by atoms with E-state index in [2.05, 4.69) is 20.1 Å². The van der Waals surface area contributed by atoms with E-state index >= 15 is 0 Å². The Kier molecular flexibility index (Phi) is 13.8. The molecule has 284 valence electrons. The van der Waals surface area contributed by atoms with Crippen LogP contribution in [0.5, 0.6) is 5.75 Å². The molecule has 0 bridgehead atoms. The van der Waals surface area contributed by atoms with Crippen LogP contribution in [-0.2, 0) is 36.5 Å². The maximum Gasteiger partial charge on any atom is 0.417 e. The molecule has 1 unspecified atom stereocenters. The van der Waals surface area contributed by atoms with E-state index < -0.39 is 35.4 Å². The zero-order chi connectivity index (χ0) is 37.8. The number of benzene rings is 2. The molecule has 0 saturated carbocycles. The first kappa shape index (κ1) is 39.2. The second-order valence-electron chi connectivity index (χ2n) is 11.6. The summed E-state index contributed by atoms with van der Waals surface area (Å²) >= 11 is 0. The van der Waals surface area contributed by atoms with Crippen molar-refractivity contribution in [2.75, 3.05) is 59.5 Å². The predicted molar refractivity (Wildman–Crippen MR) is 181 cm³/mol. The topological polar surface area (TPSA) is 141 Å². The Hall–Kier alpha value is -4.97. The number of H-pyrrole nitrogens is 1. The van der Waals surface area contributed by atoms with Crippen LogP contribution in [0.25, 0.3) is 22.6 Å². The highest BCUT2D eigenvalue weighted by atomic mass is 19.4. The van der Waals surface area contributed by atoms with E-state index in [4.69, 9.17) is 28.8 Å². The second-order valence-corrected chi connectivity index (χ2v) is 11.6. The van der Waals surface area contributed by atoms with E-state index in [0.717, 1.165) is 12.1 Å². The number of nitrogens with one attached hydrogen (secondary N) is 1. The minimum atomic E-state index is -4.70. The minimum Gasteiger partial charge on any atom is -0.494 e. The number of halogens is 5. The predicted octanol–water partition coefficient (Wildman–Crippen LogP) is 5.70. The number of fused-ring (bicyclic) bond motifs is 1. The quantitative estimate of drug-likeness (QED) is 0.0698. The molecule has 0 aliphatic carbocycles. The number of rotatable bonds is 19. The first-order valence-corrected chi connectivity index (χ1v) is 16.8. The van der Waals surface area contributed by atoms with Crippen molar-refractivity contribution in [2.45, 2.75) is 32.1 Å². The molecule has 0 fully saturated rings. The third-order valence-corrected chi connectivity index (χ3v) is 7.78. The van der Waals surface area contributed by atoms with Crippen LogP contribution in [0, 0.1) is 11.6 Å². The number of aromatic nitrogens is 3. The Balaban J connectivity index is 1.33. The van der Waals surface area contributed by atoms with Gasteiger partial charge in [-0.3, -0.25) is 9.99 Å². The van der Waals surface area contributed by atoms with E-state index in [1.54, 1.807) is 0 Å². The highest BCUT2D eigenvalue weighted by Crippen LogP contribution is 2.39. The average Bonchev–Trinajstić information content (AvgIpc) is 3.57. The molecule has 12 nitrogen and oxygen atoms in total. The smallest absolute Gasteiger partial charge is 0.417 e. The number of alkyl halides is 3. The van der Waals surface area contributed by atoms with Crippen LogP contribution in [0.2, 0.25) is 0 Å². The summed E-state index contributed by atoms with van der Waals surface area (Å²) in [5, 5.41) is 14.5. The number of nitrogens with zero attached hydrogens (tertiary/aromatic N) is 4. The molecular weight excluding hydrogens is 709 g/mol. The van der Waals surface area contributed by atoms with E-state index in [1.165, 1.54) is 53.8 Å². The van der Waals surface area contributed by atoms with Gasteiger partial charge in [-0.15, -0.1) is 0 Å². The lowest BCUT2D eigenvalue weighted by Crippen LogP contribution is -2.34. The van der Waals surface area contributed by atoms with Crippen molar-refractivity contribution in [3.63, 3.8) is 0 Å². The highest BCUT2D eigenvalue weighted by Gasteiger charge is 2.36. The van der Waals surface area contributed by atoms with E-state index in [-0.39, 0.29) is 86.8 Å². The Morgan fingerprint density at radius 1 is 0.943 bits per heavy atom. The van der Waals surface area contributed by atoms with Gasteiger partial charge in [0.15, 0.2) is 17.7 Å². The molecular formula is C36H38F5N5O7. The molecule has 17 heteroatoms. The maximum atomic E-state index is 14.5. The number of carbonyl (C=O) groups is 1. The fourth-order valence-corrected chi connectivity index (χ4v) is 5.28. The lowest BCUT2D eigenvalue weighted by molar-refractivity contribution is -0.152. The van der Waals surface area contributed by atoms with Crippen LogP contribution in [0.3, 0.4) is 0 Å². The fraction of sp³-hybridized carbons (Fsp3) is 0.389. The van der Waals surface area contributed by atoms with E-state index in [9.17, 15) is 26.7 Å². The summed E-state index contributed by atoms with van der Waals surface area (Å²) in [4.78, 5) is 25.3. The molecule has 53 heavy (non-hydrogen) atoms. The molecule has 5 rings (SSSR count). The number of aliphatic hydroxyl groups excluding tert-OH is 1. The van der Waals surface area contributed by atoms with Crippen LogP contribution >= 0.6 is 0 Å². The number of hydrogen-bond donors (Lipinski definition) is 2. The van der Waals surface area contributed by atoms with Gasteiger partial charge < -0.3 is 33.8 Å². The normalized spacial score (nSPS) is 13.2. The number of esters is 1. The minimum absolute atomic E-state index is 0.00399. The molecule has 3 heterocycles. The zero-order valence-electron chi connectivity index (χ0n) is 28.7. The van der Waals surface area contributed by atoms with Crippen molar-refractivity contribution in [3.05, 3.63) is 88.9 Å². The number of hydrazone groups is 1. The van der Waals surface area contributed by atoms with Crippen molar-refractivity contribution >= 4 is 12.2 Å². The van der Waals surface area contributed by atoms with Gasteiger partial charge in [-0.05, 0) is 42.8 Å². The fourth-order valence-electron chi connectivity index (χ4n) is 5.28. The molecule has 1 aliphatic heterocycles. The van der Waals surface area contributed by atoms with Crippen LogP contribution in [0.4, 0.5) is 22.0 Å². The number of pyridine rings is 1. The molecule has 0 amide bonds. The Morgan fingerprint density at radius 3 is 2.36 bits per heavy atom. The summed E-state index contributed by atoms with van der Waals surface area (Å²) in [6, 6.07) is 8.92. The first-order chi connectivity index (χ1) is 25.6. The van der Waals surface area contributed by atoms with Crippen molar-refractivity contribution in [2.24, 2.45) is 5.10 Å². The lowest BCUT2D eigenvalue weighted by atomic mass is 10.0. The van der Waals surface area contributed by atoms with Crippen molar-refractivity contribution in [1.82, 2.24) is 20.0 Å². The molecule has 0 spiro atoms. The van der Waals surface area contributed by atoms with Crippen molar-refractivity contribution < 1.29 is 55.5 Å². The van der Waals surface area contributed by atoms with Gasteiger partial charge in [0.1, 0.15) is 18.2 Å². The van der Waals surface area contributed by atoms with Crippen LogP contribution in [-0.4, -0.2) is 96.7 Å². The largest absolute Gasteiger partial charge is 0.494 e. The molecule has 0 saturated heterocycles. The SMILES string of the molecule is CCCOc1ccc(-c2ccc(C(C(=O)OCCOCCOCCOCCO)N3Cc4nc(-c5cccc(F)c5F)[nH]c4C=N3)cn2)c(C(F)(F)F)c1. The van der Waals surface area contributed by atoms with Crippen LogP contribution < -0.4 is 4.74 Å². The van der Waals surface area contributed by atoms with Crippen molar-refractivity contribution in [3.8, 4) is 28.4 Å². The lowest BCUT2D eigenvalue weighted by Gasteiger charge is -2.29. The van der Waals surface area contributed by atoms with Gasteiger partial charge in [-0.1, -0.05) is 19.1 Å². The standard InChI is InChI=1S/C36H38F5N5O7/c1-2-11-52-24-7-8-25(27(19-24)36(39,40)41)29-9-6-23(20-42-29)33(35(48)53-18-17-51-16-15-50-14-13-49-12-10-47)46-22-31-30(21-43-46)44-34(45-31)26-4-3-5-28(37)32(26)38/h3-9,19-21,33,47H,2,10-18,22H2,1H3,(H,44,45). The van der Waals surface area contributed by atoms with Crippen LogP contribution in [0.1, 0.15) is 41.9 Å². The molecule has 2 aromatic carbocycles. The average molecular weight is 748 g/mol. The number of ether oxygens (including phenoxy) is 5. The Morgan fingerprint density at radius 2 is 1.68 bits per heavy atom. The second kappa shape index (κ2) is 18.7. The highest BCUT2D eigenvalue weighted by molar-refractivity contribution is 5.82. The number of aromatic amines is 1. The van der Waals surface area contributed by atoms with Gasteiger partial charge in [0.05, 0.1) is 93.8 Å². The van der Waals surface area contributed by atoms with Gasteiger partial charge >= 0.3 is 12.1 Å². The summed E-state index contributed by atoms with van der Waals surface area (Å²) in [7, 11) is 0. The Labute approximate surface area is 301 Å². The number of aliphatic hydroxyl groups is 1. The zero-order valence-corrected chi connectivity index (χ0v) is 28.7. The summed E-state index contributed by atoms with van der Waals surface area (Å²) in [5.74, 6) is -2.77. The maximum absolute atomic E-state index is 14.5. The molecule has 1 aliphatic rings. The summed E-state index contributed by atoms with van der Waals surface area (Å²) in [6.45, 7) is 3.16. The van der Waals surface area contributed by atoms with Gasteiger partial charge in [-0.2, -0.15) is 18.3 Å². The van der Waals surface area contributed by atoms with E-state index in [1.807, 2.05) is 6.92 Å². The number of imidazole rings is 1. The van der Waals surface area contributed by atoms with E-state index in [0.29, 0.717) is 31.0 Å². The molecule has 2 aromatic heterocycles. The first-order valence-electron chi connectivity index (χ1n) is 16.8.